The van der Waals surface area contributed by atoms with Crippen molar-refractivity contribution >= 4 is 28.9 Å². The zero-order chi connectivity index (χ0) is 13.3. The van der Waals surface area contributed by atoms with E-state index < -0.39 is 5.97 Å². The van der Waals surface area contributed by atoms with Gasteiger partial charge in [-0.2, -0.15) is 4.68 Å². The molecule has 2 aromatic heterocycles. The van der Waals surface area contributed by atoms with E-state index in [1.165, 1.54) is 0 Å². The number of aromatic nitrogens is 4. The topological polar surface area (TPSA) is 80.9 Å². The van der Waals surface area contributed by atoms with Gasteiger partial charge in [0.05, 0.1) is 0 Å². The van der Waals surface area contributed by atoms with Crippen LogP contribution in [0.4, 0.5) is 0 Å². The Labute approximate surface area is 112 Å². The van der Waals surface area contributed by atoms with Crippen LogP contribution in [0, 0.1) is 0 Å². The number of aromatic carboxylic acids is 1. The molecular weight excluding hydrogens is 276 g/mol. The maximum absolute atomic E-state index is 10.9. The first-order valence-electron chi connectivity index (χ1n) is 5.41. The van der Waals surface area contributed by atoms with Gasteiger partial charge in [-0.25, -0.2) is 14.8 Å². The summed E-state index contributed by atoms with van der Waals surface area (Å²) in [7, 11) is 0. The third-order valence-corrected chi connectivity index (χ3v) is 3.70. The number of rotatable bonds is 4. The third-order valence-electron chi connectivity index (χ3n) is 2.30. The van der Waals surface area contributed by atoms with E-state index in [2.05, 4.69) is 15.1 Å². The highest BCUT2D eigenvalue weighted by atomic mass is 35.5. The Hall–Kier alpha value is -1.47. The minimum Gasteiger partial charge on any atom is -0.477 e. The lowest BCUT2D eigenvalue weighted by Crippen LogP contribution is -2.01. The van der Waals surface area contributed by atoms with Crippen molar-refractivity contribution in [3.8, 4) is 5.13 Å². The molecule has 0 aliphatic heterocycles. The lowest BCUT2D eigenvalue weighted by atomic mass is 10.4. The summed E-state index contributed by atoms with van der Waals surface area (Å²) < 4.78 is 1.56. The molecule has 18 heavy (non-hydrogen) atoms. The van der Waals surface area contributed by atoms with Crippen molar-refractivity contribution in [2.24, 2.45) is 0 Å². The van der Waals surface area contributed by atoms with Crippen LogP contribution < -0.4 is 0 Å². The first-order valence-corrected chi connectivity index (χ1v) is 6.61. The smallest absolute Gasteiger partial charge is 0.349 e. The molecular formula is C10H11ClN4O2S. The Morgan fingerprint density at radius 2 is 2.11 bits per heavy atom. The molecule has 0 bridgehead atoms. The van der Waals surface area contributed by atoms with E-state index in [-0.39, 0.29) is 10.0 Å². The second kappa shape index (κ2) is 5.03. The van der Waals surface area contributed by atoms with Crippen LogP contribution in [-0.2, 0) is 12.8 Å². The van der Waals surface area contributed by atoms with Gasteiger partial charge in [0.15, 0.2) is 15.9 Å². The van der Waals surface area contributed by atoms with Crippen LogP contribution in [0.1, 0.15) is 35.2 Å². The van der Waals surface area contributed by atoms with Crippen LogP contribution in [0.2, 0.25) is 5.15 Å². The Morgan fingerprint density at radius 3 is 2.61 bits per heavy atom. The molecule has 6 nitrogen and oxygen atoms in total. The summed E-state index contributed by atoms with van der Waals surface area (Å²) in [5, 5.41) is 13.6. The summed E-state index contributed by atoms with van der Waals surface area (Å²) in [6.07, 6.45) is 1.40. The minimum atomic E-state index is -1.09. The van der Waals surface area contributed by atoms with Crippen molar-refractivity contribution in [1.82, 2.24) is 19.7 Å². The summed E-state index contributed by atoms with van der Waals surface area (Å²) in [5.74, 6) is 0.363. The maximum Gasteiger partial charge on any atom is 0.349 e. The molecule has 0 saturated carbocycles. The van der Waals surface area contributed by atoms with E-state index in [1.807, 2.05) is 13.8 Å². The number of nitrogens with zero attached hydrogens (tertiary/aromatic N) is 4. The van der Waals surface area contributed by atoms with Gasteiger partial charge < -0.3 is 5.11 Å². The Bertz CT molecular complexity index is 593. The molecule has 0 radical (unpaired) electrons. The fourth-order valence-electron chi connectivity index (χ4n) is 1.44. The van der Waals surface area contributed by atoms with E-state index in [9.17, 15) is 4.79 Å². The molecule has 1 N–H and O–H groups in total. The third kappa shape index (κ3) is 2.23. The fourth-order valence-corrected chi connectivity index (χ4v) is 2.53. The molecule has 2 aromatic rings. The molecule has 0 atom stereocenters. The first-order chi connectivity index (χ1) is 8.56. The number of carboxylic acids is 1. The molecule has 0 saturated heterocycles. The van der Waals surface area contributed by atoms with Gasteiger partial charge in [-0.15, -0.1) is 5.10 Å². The lowest BCUT2D eigenvalue weighted by molar-refractivity contribution is 0.0702. The summed E-state index contributed by atoms with van der Waals surface area (Å²) in [6, 6.07) is 0. The Kier molecular flexibility index (Phi) is 3.63. The minimum absolute atomic E-state index is 0.0156. The number of hydrogen-bond acceptors (Lipinski definition) is 5. The molecule has 8 heteroatoms. The van der Waals surface area contributed by atoms with Gasteiger partial charge in [-0.05, 0) is 0 Å². The average Bonchev–Trinajstić information content (AvgIpc) is 2.91. The largest absolute Gasteiger partial charge is 0.477 e. The molecule has 96 valence electrons. The van der Waals surface area contributed by atoms with Crippen LogP contribution in [0.5, 0.6) is 0 Å². The second-order valence-corrected chi connectivity index (χ2v) is 4.82. The number of hydrogen-bond donors (Lipinski definition) is 1. The molecule has 2 heterocycles. The zero-order valence-corrected chi connectivity index (χ0v) is 11.4. The van der Waals surface area contributed by atoms with E-state index in [4.69, 9.17) is 16.7 Å². The predicted octanol–water partition coefficient (Wildman–Crippen LogP) is 2.20. The lowest BCUT2D eigenvalue weighted by Gasteiger charge is -1.97. The average molecular weight is 287 g/mol. The summed E-state index contributed by atoms with van der Waals surface area (Å²) >= 11 is 6.77. The Morgan fingerprint density at radius 1 is 1.39 bits per heavy atom. The van der Waals surface area contributed by atoms with Crippen molar-refractivity contribution in [3.63, 3.8) is 0 Å². The summed E-state index contributed by atoms with van der Waals surface area (Å²) in [4.78, 5) is 19.3. The van der Waals surface area contributed by atoms with Gasteiger partial charge in [0.1, 0.15) is 5.82 Å². The van der Waals surface area contributed by atoms with Gasteiger partial charge in [-0.3, -0.25) is 0 Å². The summed E-state index contributed by atoms with van der Waals surface area (Å²) in [6.45, 7) is 3.91. The Balaban J connectivity index is 2.51. The standard InChI is InChI=1S/C10H11ClN4O2S/c1-3-5-12-6(4-2)15(14-5)10-13-8(11)7(18-10)9(16)17/h3-4H2,1-2H3,(H,16,17). The number of aryl methyl sites for hydroxylation is 2. The normalized spacial score (nSPS) is 10.8. The van der Waals surface area contributed by atoms with Crippen LogP contribution in [-0.4, -0.2) is 30.8 Å². The fraction of sp³-hybridized carbons (Fsp3) is 0.400. The molecule has 0 unspecified atom stereocenters. The van der Waals surface area contributed by atoms with Crippen LogP contribution in [0.25, 0.3) is 5.13 Å². The van der Waals surface area contributed by atoms with Crippen molar-refractivity contribution < 1.29 is 9.90 Å². The zero-order valence-electron chi connectivity index (χ0n) is 9.84. The van der Waals surface area contributed by atoms with Gasteiger partial charge in [0.25, 0.3) is 0 Å². The second-order valence-electron chi connectivity index (χ2n) is 3.48. The molecule has 0 aromatic carbocycles. The number of halogens is 1. The van der Waals surface area contributed by atoms with Gasteiger partial charge in [0, 0.05) is 12.8 Å². The highest BCUT2D eigenvalue weighted by Crippen LogP contribution is 2.26. The molecule has 0 amide bonds. The predicted molar refractivity (Wildman–Crippen MR) is 67.8 cm³/mol. The van der Waals surface area contributed by atoms with E-state index >= 15 is 0 Å². The molecule has 0 fully saturated rings. The SMILES string of the molecule is CCc1nc(CC)n(-c2nc(Cl)c(C(=O)O)s2)n1. The van der Waals surface area contributed by atoms with E-state index in [1.54, 1.807) is 4.68 Å². The van der Waals surface area contributed by atoms with Crippen LogP contribution >= 0.6 is 22.9 Å². The van der Waals surface area contributed by atoms with Crippen molar-refractivity contribution in [2.75, 3.05) is 0 Å². The molecule has 0 spiro atoms. The number of thiazole rings is 1. The molecule has 0 aliphatic carbocycles. The number of carboxylic acid groups (broad SMARTS) is 1. The highest BCUT2D eigenvalue weighted by Gasteiger charge is 2.19. The van der Waals surface area contributed by atoms with Gasteiger partial charge >= 0.3 is 5.97 Å². The quantitative estimate of drug-likeness (QED) is 0.932. The van der Waals surface area contributed by atoms with E-state index in [0.717, 1.165) is 17.2 Å². The van der Waals surface area contributed by atoms with Crippen molar-refractivity contribution in [2.45, 2.75) is 26.7 Å². The van der Waals surface area contributed by atoms with E-state index in [0.29, 0.717) is 23.8 Å². The van der Waals surface area contributed by atoms with Crippen LogP contribution in [0.3, 0.4) is 0 Å². The number of carbonyl (C=O) groups is 1. The highest BCUT2D eigenvalue weighted by molar-refractivity contribution is 7.16. The maximum atomic E-state index is 10.9. The summed E-state index contributed by atoms with van der Waals surface area (Å²) in [5.41, 5.74) is 0. The molecule has 2 rings (SSSR count). The van der Waals surface area contributed by atoms with Gasteiger partial charge in [-0.1, -0.05) is 36.8 Å². The van der Waals surface area contributed by atoms with Gasteiger partial charge in [0.2, 0.25) is 5.13 Å². The monoisotopic (exact) mass is 286 g/mol. The van der Waals surface area contributed by atoms with Crippen molar-refractivity contribution in [1.29, 1.82) is 0 Å². The first kappa shape index (κ1) is 13.0. The molecule has 0 aliphatic rings. The van der Waals surface area contributed by atoms with Crippen molar-refractivity contribution in [3.05, 3.63) is 21.7 Å². The van der Waals surface area contributed by atoms with Crippen LogP contribution in [0.15, 0.2) is 0 Å².